The van der Waals surface area contributed by atoms with Gasteiger partial charge in [-0.3, -0.25) is 9.36 Å². The molecule has 1 aliphatic rings. The van der Waals surface area contributed by atoms with Gasteiger partial charge in [0.2, 0.25) is 10.0 Å². The van der Waals surface area contributed by atoms with Crippen LogP contribution in [0.25, 0.3) is 27.4 Å². The van der Waals surface area contributed by atoms with Gasteiger partial charge in [0.25, 0.3) is 5.56 Å². The van der Waals surface area contributed by atoms with Gasteiger partial charge in [-0.05, 0) is 82.4 Å². The lowest BCUT2D eigenvalue weighted by atomic mass is 10.1. The first-order valence-corrected chi connectivity index (χ1v) is 16.7. The number of aryl methyl sites for hydroxylation is 1. The highest BCUT2D eigenvalue weighted by atomic mass is 35.5. The Kier molecular flexibility index (Phi) is 7.10. The van der Waals surface area contributed by atoms with Crippen LogP contribution in [0.5, 0.6) is 0 Å². The fraction of sp³-hybridized carbons (Fsp3) is 0.118. The van der Waals surface area contributed by atoms with Crippen molar-refractivity contribution in [3.8, 4) is 5.69 Å². The van der Waals surface area contributed by atoms with E-state index < -0.39 is 21.3 Å². The number of thioether (sulfide) groups is 1. The zero-order valence-electron chi connectivity index (χ0n) is 23.1. The maximum Gasteiger partial charge on any atom is 0.266 e. The van der Waals surface area contributed by atoms with Crippen molar-refractivity contribution in [2.45, 2.75) is 34.7 Å². The number of para-hydroxylation sites is 1. The smallest absolute Gasteiger partial charge is 0.266 e. The van der Waals surface area contributed by atoms with Crippen LogP contribution < -0.4 is 10.3 Å². The van der Waals surface area contributed by atoms with E-state index >= 15 is 0 Å². The van der Waals surface area contributed by atoms with Crippen LogP contribution in [-0.4, -0.2) is 18.0 Å². The number of rotatable bonds is 7. The zero-order chi connectivity index (χ0) is 29.7. The van der Waals surface area contributed by atoms with Crippen molar-refractivity contribution in [3.63, 3.8) is 0 Å². The summed E-state index contributed by atoms with van der Waals surface area (Å²) in [5.41, 5.74) is 4.14. The molecule has 1 N–H and O–H groups in total. The fourth-order valence-corrected chi connectivity index (χ4v) is 8.54. The van der Waals surface area contributed by atoms with E-state index in [1.165, 1.54) is 23.9 Å². The second-order valence-corrected chi connectivity index (χ2v) is 13.7. The number of sulfonamides is 1. The number of benzene rings is 5. The summed E-state index contributed by atoms with van der Waals surface area (Å²) in [6.07, 6.45) is 0.881. The number of nitrogens with zero attached hydrogens (tertiary/aromatic N) is 2. The van der Waals surface area contributed by atoms with Gasteiger partial charge in [0.05, 0.1) is 32.8 Å². The average molecular weight is 624 g/mol. The third-order valence-electron chi connectivity index (χ3n) is 7.90. The molecular formula is C34H26ClN3O3S2. The molecule has 1 aliphatic carbocycles. The SMILES string of the molecule is CCc1ccc(-n2c(SC3c4cccc5cccc(c45)C3NS(=O)(=O)c3ccc(Cl)cc3)nc3ccccc3c2=O)cc1. The third kappa shape index (κ3) is 4.94. The maximum atomic E-state index is 14.0. The highest BCUT2D eigenvalue weighted by Gasteiger charge is 2.39. The van der Waals surface area contributed by atoms with Gasteiger partial charge in [-0.1, -0.05) is 91.0 Å². The Balaban J connectivity index is 1.40. The molecule has 1 heterocycles. The van der Waals surface area contributed by atoms with Crippen LogP contribution in [0.4, 0.5) is 0 Å². The zero-order valence-corrected chi connectivity index (χ0v) is 25.5. The normalized spacial score (nSPS) is 16.2. The van der Waals surface area contributed by atoms with E-state index in [0.717, 1.165) is 33.9 Å². The summed E-state index contributed by atoms with van der Waals surface area (Å²) in [6.45, 7) is 2.09. The van der Waals surface area contributed by atoms with E-state index in [1.54, 1.807) is 22.8 Å². The Morgan fingerprint density at radius 3 is 2.28 bits per heavy atom. The van der Waals surface area contributed by atoms with Crippen LogP contribution in [0.3, 0.4) is 0 Å². The number of hydrogen-bond acceptors (Lipinski definition) is 5. The topological polar surface area (TPSA) is 81.1 Å². The Labute approximate surface area is 258 Å². The van der Waals surface area contributed by atoms with Gasteiger partial charge in [-0.25, -0.2) is 18.1 Å². The Bertz CT molecular complexity index is 2180. The molecule has 43 heavy (non-hydrogen) atoms. The van der Waals surface area contributed by atoms with Crippen molar-refractivity contribution in [2.75, 3.05) is 0 Å². The van der Waals surface area contributed by atoms with Gasteiger partial charge >= 0.3 is 0 Å². The number of hydrogen-bond donors (Lipinski definition) is 1. The molecule has 1 aromatic heterocycles. The van der Waals surface area contributed by atoms with Crippen LogP contribution in [0, 0.1) is 0 Å². The molecule has 0 saturated heterocycles. The first-order valence-electron chi connectivity index (χ1n) is 13.9. The Hall–Kier alpha value is -3.95. The van der Waals surface area contributed by atoms with Crippen LogP contribution in [0.1, 0.15) is 34.9 Å². The summed E-state index contributed by atoms with van der Waals surface area (Å²) in [6, 6.07) is 32.7. The largest absolute Gasteiger partial charge is 0.268 e. The van der Waals surface area contributed by atoms with Crippen LogP contribution in [0.15, 0.2) is 124 Å². The summed E-state index contributed by atoms with van der Waals surface area (Å²) >= 11 is 7.43. The van der Waals surface area contributed by atoms with Gasteiger partial charge in [0, 0.05) is 5.02 Å². The van der Waals surface area contributed by atoms with Gasteiger partial charge < -0.3 is 0 Å². The molecule has 0 radical (unpaired) electrons. The van der Waals surface area contributed by atoms with E-state index in [4.69, 9.17) is 16.6 Å². The molecular weight excluding hydrogens is 598 g/mol. The van der Waals surface area contributed by atoms with Crippen molar-refractivity contribution in [2.24, 2.45) is 0 Å². The molecule has 7 rings (SSSR count). The summed E-state index contributed by atoms with van der Waals surface area (Å²) in [5, 5.41) is 3.08. The number of aromatic nitrogens is 2. The Morgan fingerprint density at radius 1 is 0.860 bits per heavy atom. The molecule has 0 amide bonds. The molecule has 2 atom stereocenters. The van der Waals surface area contributed by atoms with Crippen molar-refractivity contribution in [1.82, 2.24) is 14.3 Å². The van der Waals surface area contributed by atoms with Gasteiger partial charge in [0.15, 0.2) is 5.16 Å². The summed E-state index contributed by atoms with van der Waals surface area (Å²) < 4.78 is 32.0. The van der Waals surface area contributed by atoms with Crippen molar-refractivity contribution in [3.05, 3.63) is 141 Å². The molecule has 0 bridgehead atoms. The maximum absolute atomic E-state index is 14.0. The standard InChI is InChI=1S/C34H26ClN3O3S2/c1-2-21-13-17-24(18-14-21)38-33(39)26-9-3-4-12-29(26)36-34(38)42-32-28-11-6-8-22-7-5-10-27(30(22)28)31(32)37-43(40,41)25-19-15-23(35)16-20-25/h3-20,31-32,37H,2H2,1H3. The average Bonchev–Trinajstić information content (AvgIpc) is 3.30. The Morgan fingerprint density at radius 2 is 1.56 bits per heavy atom. The minimum atomic E-state index is -3.92. The summed E-state index contributed by atoms with van der Waals surface area (Å²) in [5.74, 6) is 0. The van der Waals surface area contributed by atoms with E-state index in [-0.39, 0.29) is 10.5 Å². The molecule has 9 heteroatoms. The molecule has 0 saturated carbocycles. The molecule has 0 spiro atoms. The van der Waals surface area contributed by atoms with Crippen molar-refractivity contribution >= 4 is 55.1 Å². The molecule has 6 aromatic rings. The van der Waals surface area contributed by atoms with Gasteiger partial charge in [-0.2, -0.15) is 0 Å². The number of nitrogens with one attached hydrogen (secondary N) is 1. The molecule has 0 fully saturated rings. The highest BCUT2D eigenvalue weighted by Crippen LogP contribution is 2.53. The van der Waals surface area contributed by atoms with Crippen LogP contribution in [0.2, 0.25) is 5.02 Å². The molecule has 2 unspecified atom stereocenters. The molecule has 0 aliphatic heterocycles. The van der Waals surface area contributed by atoms with E-state index in [1.807, 2.05) is 78.9 Å². The molecule has 6 nitrogen and oxygen atoms in total. The second-order valence-electron chi connectivity index (χ2n) is 10.5. The number of halogens is 1. The minimum Gasteiger partial charge on any atom is -0.268 e. The highest BCUT2D eigenvalue weighted by molar-refractivity contribution is 7.99. The lowest BCUT2D eigenvalue weighted by molar-refractivity contribution is 0.557. The van der Waals surface area contributed by atoms with Crippen molar-refractivity contribution < 1.29 is 8.42 Å². The van der Waals surface area contributed by atoms with Gasteiger partial charge in [0.1, 0.15) is 0 Å². The van der Waals surface area contributed by atoms with Crippen molar-refractivity contribution in [1.29, 1.82) is 0 Å². The third-order valence-corrected chi connectivity index (χ3v) is 10.9. The summed E-state index contributed by atoms with van der Waals surface area (Å²) in [7, 11) is -3.92. The van der Waals surface area contributed by atoms with E-state index in [2.05, 4.69) is 11.6 Å². The van der Waals surface area contributed by atoms with E-state index in [0.29, 0.717) is 26.8 Å². The predicted molar refractivity (Wildman–Crippen MR) is 174 cm³/mol. The quantitative estimate of drug-likeness (QED) is 0.185. The first-order chi connectivity index (χ1) is 20.8. The monoisotopic (exact) mass is 623 g/mol. The van der Waals surface area contributed by atoms with E-state index in [9.17, 15) is 13.2 Å². The lowest BCUT2D eigenvalue weighted by Crippen LogP contribution is -2.30. The summed E-state index contributed by atoms with van der Waals surface area (Å²) in [4.78, 5) is 19.1. The lowest BCUT2D eigenvalue weighted by Gasteiger charge is -2.24. The molecule has 5 aromatic carbocycles. The predicted octanol–water partition coefficient (Wildman–Crippen LogP) is 7.62. The molecule has 214 valence electrons. The van der Waals surface area contributed by atoms with Crippen LogP contribution in [-0.2, 0) is 16.4 Å². The second kappa shape index (κ2) is 11.0. The fourth-order valence-electron chi connectivity index (χ4n) is 5.76. The first kappa shape index (κ1) is 27.9. The van der Waals surface area contributed by atoms with Gasteiger partial charge in [-0.15, -0.1) is 0 Å². The van der Waals surface area contributed by atoms with Crippen LogP contribution >= 0.6 is 23.4 Å². The minimum absolute atomic E-state index is 0.125. The number of fused-ring (bicyclic) bond motifs is 1.